The summed E-state index contributed by atoms with van der Waals surface area (Å²) in [5.41, 5.74) is 7.81. The smallest absolute Gasteiger partial charge is 0.204 e. The largest absolute Gasteiger partial charge is 0.398 e. The lowest BCUT2D eigenvalue weighted by molar-refractivity contribution is 0.568. The standard InChI is InChI=1S/C14H12FN5/c15-12-6-7-13(16)11(8-12)9-20-18-14(17-19-20)10-4-2-1-3-5-10/h1-8H,9,16H2. The van der Waals surface area contributed by atoms with E-state index in [1.54, 1.807) is 0 Å². The number of nitrogens with zero attached hydrogens (tertiary/aromatic N) is 4. The lowest BCUT2D eigenvalue weighted by Gasteiger charge is -2.04. The zero-order valence-corrected chi connectivity index (χ0v) is 10.6. The third-order valence-corrected chi connectivity index (χ3v) is 2.90. The Kier molecular flexibility index (Phi) is 3.12. The number of tetrazole rings is 1. The molecule has 0 amide bonds. The van der Waals surface area contributed by atoms with Crippen molar-refractivity contribution in [2.75, 3.05) is 5.73 Å². The molecule has 20 heavy (non-hydrogen) atoms. The van der Waals surface area contributed by atoms with Gasteiger partial charge in [-0.2, -0.15) is 4.80 Å². The number of rotatable bonds is 3. The first-order valence-corrected chi connectivity index (χ1v) is 6.09. The van der Waals surface area contributed by atoms with Crippen LogP contribution in [-0.2, 0) is 6.54 Å². The molecule has 0 aliphatic heterocycles. The van der Waals surface area contributed by atoms with Crippen LogP contribution in [0.3, 0.4) is 0 Å². The molecule has 0 spiro atoms. The molecule has 1 aromatic heterocycles. The molecule has 1 heterocycles. The van der Waals surface area contributed by atoms with Crippen molar-refractivity contribution in [3.05, 3.63) is 59.9 Å². The minimum Gasteiger partial charge on any atom is -0.398 e. The summed E-state index contributed by atoms with van der Waals surface area (Å²) in [4.78, 5) is 1.40. The molecule has 0 aliphatic rings. The van der Waals surface area contributed by atoms with Crippen molar-refractivity contribution in [1.82, 2.24) is 20.2 Å². The second-order valence-electron chi connectivity index (χ2n) is 4.35. The van der Waals surface area contributed by atoms with Crippen LogP contribution in [-0.4, -0.2) is 20.2 Å². The molecular weight excluding hydrogens is 257 g/mol. The van der Waals surface area contributed by atoms with E-state index < -0.39 is 0 Å². The summed E-state index contributed by atoms with van der Waals surface area (Å²) in [5.74, 6) is 0.193. The van der Waals surface area contributed by atoms with Gasteiger partial charge in [-0.05, 0) is 23.4 Å². The monoisotopic (exact) mass is 269 g/mol. The topological polar surface area (TPSA) is 69.6 Å². The zero-order chi connectivity index (χ0) is 13.9. The van der Waals surface area contributed by atoms with E-state index in [9.17, 15) is 4.39 Å². The Labute approximate surface area is 114 Å². The van der Waals surface area contributed by atoms with Crippen LogP contribution >= 0.6 is 0 Å². The molecule has 0 unspecified atom stereocenters. The Balaban J connectivity index is 1.86. The fourth-order valence-electron chi connectivity index (χ4n) is 1.88. The number of benzene rings is 2. The van der Waals surface area contributed by atoms with Gasteiger partial charge in [-0.3, -0.25) is 0 Å². The minimum atomic E-state index is -0.336. The summed E-state index contributed by atoms with van der Waals surface area (Å²) < 4.78 is 13.2. The molecule has 6 heteroatoms. The van der Waals surface area contributed by atoms with Crippen molar-refractivity contribution >= 4 is 5.69 Å². The van der Waals surface area contributed by atoms with Crippen molar-refractivity contribution in [3.63, 3.8) is 0 Å². The van der Waals surface area contributed by atoms with Crippen molar-refractivity contribution in [2.24, 2.45) is 0 Å². The maximum absolute atomic E-state index is 13.2. The average Bonchev–Trinajstić information content (AvgIpc) is 2.92. The first kappa shape index (κ1) is 12.3. The van der Waals surface area contributed by atoms with Crippen LogP contribution < -0.4 is 5.73 Å². The summed E-state index contributed by atoms with van der Waals surface area (Å²) >= 11 is 0. The molecule has 2 aromatic carbocycles. The highest BCUT2D eigenvalue weighted by atomic mass is 19.1. The Hall–Kier alpha value is -2.76. The Morgan fingerprint density at radius 1 is 1.10 bits per heavy atom. The quantitative estimate of drug-likeness (QED) is 0.739. The average molecular weight is 269 g/mol. The molecule has 100 valence electrons. The van der Waals surface area contributed by atoms with Crippen molar-refractivity contribution in [2.45, 2.75) is 6.54 Å². The van der Waals surface area contributed by atoms with Crippen LogP contribution in [0.5, 0.6) is 0 Å². The van der Waals surface area contributed by atoms with Gasteiger partial charge >= 0.3 is 0 Å². The fraction of sp³-hybridized carbons (Fsp3) is 0.0714. The molecule has 0 bridgehead atoms. The van der Waals surface area contributed by atoms with Gasteiger partial charge in [-0.1, -0.05) is 30.3 Å². The van der Waals surface area contributed by atoms with Gasteiger partial charge in [0.25, 0.3) is 0 Å². The third kappa shape index (κ3) is 2.49. The van der Waals surface area contributed by atoms with Gasteiger partial charge in [-0.25, -0.2) is 4.39 Å². The van der Waals surface area contributed by atoms with Gasteiger partial charge in [0.2, 0.25) is 5.82 Å². The van der Waals surface area contributed by atoms with E-state index in [1.165, 1.54) is 23.0 Å². The second-order valence-corrected chi connectivity index (χ2v) is 4.35. The van der Waals surface area contributed by atoms with E-state index >= 15 is 0 Å². The lowest BCUT2D eigenvalue weighted by atomic mass is 10.2. The van der Waals surface area contributed by atoms with Crippen molar-refractivity contribution < 1.29 is 4.39 Å². The van der Waals surface area contributed by atoms with E-state index in [4.69, 9.17) is 5.73 Å². The highest BCUT2D eigenvalue weighted by Crippen LogP contribution is 2.15. The summed E-state index contributed by atoms with van der Waals surface area (Å²) in [6.45, 7) is 0.281. The number of nitrogen functional groups attached to an aromatic ring is 1. The first-order valence-electron chi connectivity index (χ1n) is 6.09. The van der Waals surface area contributed by atoms with Gasteiger partial charge < -0.3 is 5.73 Å². The van der Waals surface area contributed by atoms with E-state index in [0.29, 0.717) is 17.1 Å². The van der Waals surface area contributed by atoms with Gasteiger partial charge in [0.1, 0.15) is 5.82 Å². The zero-order valence-electron chi connectivity index (χ0n) is 10.6. The maximum atomic E-state index is 13.2. The predicted octanol–water partition coefficient (Wildman–Crippen LogP) is 2.11. The van der Waals surface area contributed by atoms with Crippen molar-refractivity contribution in [3.8, 4) is 11.4 Å². The number of nitrogens with two attached hydrogens (primary N) is 1. The molecule has 0 saturated heterocycles. The molecule has 2 N–H and O–H groups in total. The second kappa shape index (κ2) is 5.08. The van der Waals surface area contributed by atoms with E-state index in [0.717, 1.165) is 5.56 Å². The van der Waals surface area contributed by atoms with Crippen LogP contribution in [0, 0.1) is 5.82 Å². The maximum Gasteiger partial charge on any atom is 0.204 e. The fourth-order valence-corrected chi connectivity index (χ4v) is 1.88. The number of anilines is 1. The normalized spacial score (nSPS) is 10.7. The predicted molar refractivity (Wildman–Crippen MR) is 73.2 cm³/mol. The highest BCUT2D eigenvalue weighted by molar-refractivity contribution is 5.53. The molecule has 0 atom stereocenters. The van der Waals surface area contributed by atoms with Crippen molar-refractivity contribution in [1.29, 1.82) is 0 Å². The van der Waals surface area contributed by atoms with Gasteiger partial charge in [0.15, 0.2) is 0 Å². The van der Waals surface area contributed by atoms with E-state index in [2.05, 4.69) is 15.4 Å². The Morgan fingerprint density at radius 3 is 2.70 bits per heavy atom. The van der Waals surface area contributed by atoms with Crippen LogP contribution in [0.1, 0.15) is 5.56 Å². The Morgan fingerprint density at radius 2 is 1.90 bits per heavy atom. The number of hydrogen-bond acceptors (Lipinski definition) is 4. The number of hydrogen-bond donors (Lipinski definition) is 1. The molecule has 0 aliphatic carbocycles. The SMILES string of the molecule is Nc1ccc(F)cc1Cn1nnc(-c2ccccc2)n1. The van der Waals surface area contributed by atoms with Crippen LogP contribution in [0.25, 0.3) is 11.4 Å². The molecule has 3 rings (SSSR count). The van der Waals surface area contributed by atoms with Crippen LogP contribution in [0.4, 0.5) is 10.1 Å². The van der Waals surface area contributed by atoms with Crippen LogP contribution in [0.15, 0.2) is 48.5 Å². The molecule has 3 aromatic rings. The van der Waals surface area contributed by atoms with Gasteiger partial charge in [-0.15, -0.1) is 10.2 Å². The summed E-state index contributed by atoms with van der Waals surface area (Å²) in [6.07, 6.45) is 0. The number of halogens is 1. The van der Waals surface area contributed by atoms with E-state index in [-0.39, 0.29) is 12.4 Å². The highest BCUT2D eigenvalue weighted by Gasteiger charge is 2.08. The molecule has 0 fully saturated rings. The molecule has 5 nitrogen and oxygen atoms in total. The summed E-state index contributed by atoms with van der Waals surface area (Å²) in [6, 6.07) is 13.8. The molecule has 0 radical (unpaired) electrons. The Bertz CT molecular complexity index is 723. The number of aromatic nitrogens is 4. The first-order chi connectivity index (χ1) is 9.72. The minimum absolute atomic E-state index is 0.281. The van der Waals surface area contributed by atoms with E-state index in [1.807, 2.05) is 30.3 Å². The van der Waals surface area contributed by atoms with Gasteiger partial charge in [0, 0.05) is 16.8 Å². The lowest BCUT2D eigenvalue weighted by Crippen LogP contribution is -2.07. The van der Waals surface area contributed by atoms with Crippen LogP contribution in [0.2, 0.25) is 0 Å². The molecular formula is C14H12FN5. The summed E-state index contributed by atoms with van der Waals surface area (Å²) in [7, 11) is 0. The third-order valence-electron chi connectivity index (χ3n) is 2.90. The summed E-state index contributed by atoms with van der Waals surface area (Å²) in [5, 5.41) is 12.2. The van der Waals surface area contributed by atoms with Gasteiger partial charge in [0.05, 0.1) is 6.54 Å². The molecule has 0 saturated carbocycles.